The molecule has 0 atom stereocenters. The van der Waals surface area contributed by atoms with Crippen LogP contribution in [-0.2, 0) is 0 Å². The van der Waals surface area contributed by atoms with Crippen molar-refractivity contribution in [2.24, 2.45) is 5.10 Å². The van der Waals surface area contributed by atoms with Gasteiger partial charge >= 0.3 is 0 Å². The van der Waals surface area contributed by atoms with E-state index in [0.29, 0.717) is 27.0 Å². The quantitative estimate of drug-likeness (QED) is 0.281. The van der Waals surface area contributed by atoms with Crippen LogP contribution in [0.5, 0.6) is 0 Å². The second-order valence-corrected chi connectivity index (χ2v) is 7.72. The summed E-state index contributed by atoms with van der Waals surface area (Å²) in [6, 6.07) is 24.9. The fourth-order valence-electron chi connectivity index (χ4n) is 3.07. The lowest BCUT2D eigenvalue weighted by atomic mass is 10.0. The van der Waals surface area contributed by atoms with Gasteiger partial charge in [0, 0.05) is 10.6 Å². The summed E-state index contributed by atoms with van der Waals surface area (Å²) < 4.78 is 0. The maximum Gasteiger partial charge on any atom is 0.289 e. The number of nitrogens with one attached hydrogen (secondary N) is 2. The molecule has 0 aliphatic carbocycles. The van der Waals surface area contributed by atoms with Gasteiger partial charge < -0.3 is 0 Å². The molecular weight excluding hydrogens is 431 g/mol. The topological polar surface area (TPSA) is 70.1 Å². The highest BCUT2D eigenvalue weighted by Crippen LogP contribution is 2.29. The predicted octanol–water partition coefficient (Wildman–Crippen LogP) is 6.20. The summed E-state index contributed by atoms with van der Waals surface area (Å²) in [5.41, 5.74) is 7.92. The lowest BCUT2D eigenvalue weighted by molar-refractivity contribution is 0.0950. The van der Waals surface area contributed by atoms with Crippen molar-refractivity contribution in [1.29, 1.82) is 0 Å². The van der Waals surface area contributed by atoms with E-state index >= 15 is 0 Å². The van der Waals surface area contributed by atoms with Gasteiger partial charge in [0.2, 0.25) is 0 Å². The monoisotopic (exact) mass is 448 g/mol. The minimum atomic E-state index is -0.399. The first-order valence-electron chi connectivity index (χ1n) is 9.52. The van der Waals surface area contributed by atoms with E-state index in [4.69, 9.17) is 23.2 Å². The number of carbonyl (C=O) groups excluding carboxylic acids is 1. The van der Waals surface area contributed by atoms with E-state index in [1.54, 1.807) is 24.3 Å². The van der Waals surface area contributed by atoms with Crippen molar-refractivity contribution in [3.8, 4) is 22.4 Å². The zero-order valence-electron chi connectivity index (χ0n) is 16.6. The van der Waals surface area contributed by atoms with Crippen LogP contribution in [0.1, 0.15) is 23.0 Å². The van der Waals surface area contributed by atoms with Gasteiger partial charge in [-0.1, -0.05) is 77.8 Å². The SMILES string of the molecule is C/C(=N/NC(=O)c1cc(-c2ccc(Cl)cc2Cl)n[nH]1)c1ccc(-c2ccccc2)cc1. The normalized spacial score (nSPS) is 11.4. The molecule has 2 N–H and O–H groups in total. The Morgan fingerprint density at radius 1 is 0.935 bits per heavy atom. The van der Waals surface area contributed by atoms with Gasteiger partial charge in [-0.3, -0.25) is 9.89 Å². The maximum atomic E-state index is 12.5. The molecule has 4 aromatic rings. The first kappa shape index (κ1) is 20.8. The Bertz CT molecular complexity index is 1250. The number of amides is 1. The smallest absolute Gasteiger partial charge is 0.272 e. The molecule has 7 heteroatoms. The van der Waals surface area contributed by atoms with Crippen molar-refractivity contribution in [1.82, 2.24) is 15.6 Å². The van der Waals surface area contributed by atoms with E-state index in [2.05, 4.69) is 32.9 Å². The van der Waals surface area contributed by atoms with Gasteiger partial charge in [-0.15, -0.1) is 0 Å². The van der Waals surface area contributed by atoms with Crippen LogP contribution in [0.3, 0.4) is 0 Å². The first-order chi connectivity index (χ1) is 15.0. The predicted molar refractivity (Wildman–Crippen MR) is 126 cm³/mol. The number of rotatable bonds is 5. The molecule has 4 rings (SSSR count). The van der Waals surface area contributed by atoms with Gasteiger partial charge in [0.05, 0.1) is 16.4 Å². The standard InChI is InChI=1S/C24H18Cl2N4O/c1-15(16-7-9-18(10-8-16)17-5-3-2-4-6-17)27-30-24(31)23-14-22(28-29-23)20-12-11-19(25)13-21(20)26/h2-14H,1H3,(H,28,29)(H,30,31)/b27-15-. The summed E-state index contributed by atoms with van der Waals surface area (Å²) in [5, 5.41) is 12.1. The number of carbonyl (C=O) groups is 1. The van der Waals surface area contributed by atoms with E-state index in [0.717, 1.165) is 16.7 Å². The van der Waals surface area contributed by atoms with Crippen LogP contribution in [0.2, 0.25) is 10.0 Å². The molecule has 1 heterocycles. The second kappa shape index (κ2) is 9.16. The molecule has 154 valence electrons. The lowest BCUT2D eigenvalue weighted by Crippen LogP contribution is -2.19. The first-order valence-corrected chi connectivity index (χ1v) is 10.3. The highest BCUT2D eigenvalue weighted by Gasteiger charge is 2.13. The van der Waals surface area contributed by atoms with Gasteiger partial charge in [0.1, 0.15) is 5.69 Å². The molecule has 31 heavy (non-hydrogen) atoms. The van der Waals surface area contributed by atoms with Crippen molar-refractivity contribution in [3.05, 3.63) is 100 Å². The number of benzene rings is 3. The maximum absolute atomic E-state index is 12.5. The van der Waals surface area contributed by atoms with E-state index in [1.165, 1.54) is 0 Å². The van der Waals surface area contributed by atoms with Crippen LogP contribution in [0.15, 0.2) is 84.0 Å². The number of hydrazone groups is 1. The molecular formula is C24H18Cl2N4O. The van der Waals surface area contributed by atoms with Crippen molar-refractivity contribution in [2.75, 3.05) is 0 Å². The Morgan fingerprint density at radius 3 is 2.35 bits per heavy atom. The number of aromatic nitrogens is 2. The largest absolute Gasteiger partial charge is 0.289 e. The number of hydrogen-bond donors (Lipinski definition) is 2. The molecule has 0 unspecified atom stereocenters. The third-order valence-electron chi connectivity index (χ3n) is 4.76. The third-order valence-corrected chi connectivity index (χ3v) is 5.31. The highest BCUT2D eigenvalue weighted by molar-refractivity contribution is 6.36. The molecule has 0 saturated heterocycles. The number of H-pyrrole nitrogens is 1. The van der Waals surface area contributed by atoms with Crippen LogP contribution >= 0.6 is 23.2 Å². The minimum Gasteiger partial charge on any atom is -0.272 e. The fourth-order valence-corrected chi connectivity index (χ4v) is 3.57. The summed E-state index contributed by atoms with van der Waals surface area (Å²) in [7, 11) is 0. The van der Waals surface area contributed by atoms with Crippen LogP contribution in [-0.4, -0.2) is 21.8 Å². The molecule has 1 aromatic heterocycles. The number of aromatic amines is 1. The van der Waals surface area contributed by atoms with Crippen LogP contribution in [0, 0.1) is 0 Å². The minimum absolute atomic E-state index is 0.275. The van der Waals surface area contributed by atoms with Crippen molar-refractivity contribution in [2.45, 2.75) is 6.92 Å². The molecule has 0 saturated carbocycles. The van der Waals surface area contributed by atoms with Crippen molar-refractivity contribution < 1.29 is 4.79 Å². The van der Waals surface area contributed by atoms with Gasteiger partial charge in [-0.25, -0.2) is 5.43 Å². The van der Waals surface area contributed by atoms with Crippen molar-refractivity contribution in [3.63, 3.8) is 0 Å². The summed E-state index contributed by atoms with van der Waals surface area (Å²) in [4.78, 5) is 12.5. The summed E-state index contributed by atoms with van der Waals surface area (Å²) in [6.45, 7) is 1.84. The van der Waals surface area contributed by atoms with E-state index in [9.17, 15) is 4.79 Å². The number of hydrogen-bond acceptors (Lipinski definition) is 3. The summed E-state index contributed by atoms with van der Waals surface area (Å²) in [6.07, 6.45) is 0. The molecule has 0 spiro atoms. The zero-order valence-corrected chi connectivity index (χ0v) is 18.1. The Balaban J connectivity index is 1.45. The zero-order chi connectivity index (χ0) is 21.8. The molecule has 0 bridgehead atoms. The average molecular weight is 449 g/mol. The second-order valence-electron chi connectivity index (χ2n) is 6.87. The van der Waals surface area contributed by atoms with Crippen LogP contribution in [0.25, 0.3) is 22.4 Å². The lowest BCUT2D eigenvalue weighted by Gasteiger charge is -2.05. The number of nitrogens with zero attached hydrogens (tertiary/aromatic N) is 2. The Kier molecular flexibility index (Phi) is 6.16. The van der Waals surface area contributed by atoms with Crippen molar-refractivity contribution >= 4 is 34.8 Å². The molecule has 0 aliphatic rings. The van der Waals surface area contributed by atoms with E-state index in [-0.39, 0.29) is 5.69 Å². The molecule has 5 nitrogen and oxygen atoms in total. The third kappa shape index (κ3) is 4.85. The summed E-state index contributed by atoms with van der Waals surface area (Å²) in [5.74, 6) is -0.399. The van der Waals surface area contributed by atoms with Gasteiger partial charge in [-0.2, -0.15) is 10.2 Å². The molecule has 0 fully saturated rings. The summed E-state index contributed by atoms with van der Waals surface area (Å²) >= 11 is 12.1. The Hall–Kier alpha value is -3.41. The van der Waals surface area contributed by atoms with Gasteiger partial charge in [0.25, 0.3) is 5.91 Å². The molecule has 0 radical (unpaired) electrons. The molecule has 0 aliphatic heterocycles. The number of halogens is 2. The molecule has 1 amide bonds. The molecule has 3 aromatic carbocycles. The highest BCUT2D eigenvalue weighted by atomic mass is 35.5. The van der Waals surface area contributed by atoms with Crippen LogP contribution < -0.4 is 5.43 Å². The van der Waals surface area contributed by atoms with Gasteiger partial charge in [0.15, 0.2) is 0 Å². The van der Waals surface area contributed by atoms with Crippen LogP contribution in [0.4, 0.5) is 0 Å². The fraction of sp³-hybridized carbons (Fsp3) is 0.0417. The van der Waals surface area contributed by atoms with Gasteiger partial charge in [-0.05, 0) is 47.9 Å². The van der Waals surface area contributed by atoms with E-state index < -0.39 is 5.91 Å². The Morgan fingerprint density at radius 2 is 1.65 bits per heavy atom. The van der Waals surface area contributed by atoms with E-state index in [1.807, 2.05) is 49.4 Å². The Labute approximate surface area is 189 Å². The average Bonchev–Trinajstić information content (AvgIpc) is 3.28.